The first kappa shape index (κ1) is 35.6. The van der Waals surface area contributed by atoms with Gasteiger partial charge in [0.05, 0.1) is 31.9 Å². The summed E-state index contributed by atoms with van der Waals surface area (Å²) in [7, 11) is 3.14. The maximum Gasteiger partial charge on any atom is 0.252 e. The molecule has 0 radical (unpaired) electrons. The Balaban J connectivity index is 0.000000722. The molecule has 2 atom stereocenters. The highest BCUT2D eigenvalue weighted by molar-refractivity contribution is 5.98. The molecule has 39 heavy (non-hydrogen) atoms. The molecule has 2 rings (SSSR count). The molecular formula is C31H48N2O6. The van der Waals surface area contributed by atoms with Crippen LogP contribution in [0.1, 0.15) is 80.8 Å². The first-order valence-electron chi connectivity index (χ1n) is 12.7. The zero-order valence-corrected chi connectivity index (χ0v) is 24.4. The second kappa shape index (κ2) is 15.3. The number of aliphatic hydroxyl groups is 1. The molecule has 218 valence electrons. The summed E-state index contributed by atoms with van der Waals surface area (Å²) in [6.45, 7) is 14.9. The number of methoxy groups -OCH3 is 2. The highest BCUT2D eigenvalue weighted by Gasteiger charge is 2.31. The molecule has 2 amide bonds. The summed E-state index contributed by atoms with van der Waals surface area (Å²) in [6, 6.07) is 10.6. The first-order valence-corrected chi connectivity index (χ1v) is 12.7. The second-order valence-electron chi connectivity index (χ2n) is 10.5. The molecule has 0 aliphatic heterocycles. The number of rotatable bonds is 10. The number of amides is 2. The van der Waals surface area contributed by atoms with Crippen molar-refractivity contribution in [3.8, 4) is 11.5 Å². The third kappa shape index (κ3) is 8.82. The summed E-state index contributed by atoms with van der Waals surface area (Å²) >= 11 is 0. The van der Waals surface area contributed by atoms with E-state index in [1.807, 2.05) is 54.5 Å². The molecule has 8 heteroatoms. The average molecular weight is 545 g/mol. The van der Waals surface area contributed by atoms with Gasteiger partial charge >= 0.3 is 0 Å². The van der Waals surface area contributed by atoms with Gasteiger partial charge in [0.1, 0.15) is 17.8 Å². The predicted octanol–water partition coefficient (Wildman–Crippen LogP) is 5.12. The molecule has 0 aliphatic rings. The van der Waals surface area contributed by atoms with Crippen molar-refractivity contribution >= 4 is 18.1 Å². The number of aliphatic hydroxyl groups excluding tert-OH is 1. The molecule has 0 saturated carbocycles. The maximum absolute atomic E-state index is 12.3. The normalized spacial score (nSPS) is 13.6. The van der Waals surface area contributed by atoms with Crippen LogP contribution in [0.15, 0.2) is 36.4 Å². The van der Waals surface area contributed by atoms with E-state index in [-0.39, 0.29) is 37.7 Å². The zero-order chi connectivity index (χ0) is 29.3. The molecule has 2 aromatic rings. The van der Waals surface area contributed by atoms with Crippen LogP contribution >= 0.6 is 0 Å². The number of carbonyl (C=O) groups excluding carboxylic acids is 3. The summed E-state index contributed by atoms with van der Waals surface area (Å²) in [4.78, 5) is 35.8. The van der Waals surface area contributed by atoms with E-state index in [4.69, 9.17) is 9.47 Å². The van der Waals surface area contributed by atoms with Crippen molar-refractivity contribution < 1.29 is 29.0 Å². The van der Waals surface area contributed by atoms with Crippen molar-refractivity contribution in [2.75, 3.05) is 20.8 Å². The van der Waals surface area contributed by atoms with Gasteiger partial charge in [0, 0.05) is 22.3 Å². The molecule has 0 heterocycles. The monoisotopic (exact) mass is 544 g/mol. The van der Waals surface area contributed by atoms with Gasteiger partial charge in [-0.1, -0.05) is 47.3 Å². The fourth-order valence-corrected chi connectivity index (χ4v) is 3.48. The zero-order valence-electron chi connectivity index (χ0n) is 24.4. The van der Waals surface area contributed by atoms with Crippen LogP contribution in [0.4, 0.5) is 0 Å². The lowest BCUT2D eigenvalue weighted by atomic mass is 9.89. The van der Waals surface area contributed by atoms with Crippen LogP contribution in [0.5, 0.6) is 11.5 Å². The fraction of sp³-hybridized carbons (Fsp3) is 0.516. The number of hydrogen-bond acceptors (Lipinski definition) is 6. The third-order valence-electron chi connectivity index (χ3n) is 7.33. The van der Waals surface area contributed by atoms with E-state index in [1.165, 1.54) is 0 Å². The third-order valence-corrected chi connectivity index (χ3v) is 7.33. The Labute approximate surface area is 234 Å². The van der Waals surface area contributed by atoms with E-state index in [9.17, 15) is 19.5 Å². The van der Waals surface area contributed by atoms with Crippen molar-refractivity contribution in [3.63, 3.8) is 0 Å². The second-order valence-corrected chi connectivity index (χ2v) is 10.5. The Morgan fingerprint density at radius 1 is 0.846 bits per heavy atom. The highest BCUT2D eigenvalue weighted by Crippen LogP contribution is 2.24. The smallest absolute Gasteiger partial charge is 0.252 e. The Bertz CT molecular complexity index is 1110. The number of carbonyl (C=O) groups is 3. The molecule has 0 spiro atoms. The van der Waals surface area contributed by atoms with Gasteiger partial charge < -0.3 is 30.0 Å². The number of benzene rings is 2. The van der Waals surface area contributed by atoms with E-state index in [2.05, 4.69) is 10.6 Å². The Morgan fingerprint density at radius 3 is 1.56 bits per heavy atom. The molecule has 2 aromatic carbocycles. The van der Waals surface area contributed by atoms with Crippen molar-refractivity contribution in [2.45, 2.75) is 73.9 Å². The molecule has 0 fully saturated rings. The largest absolute Gasteiger partial charge is 0.496 e. The minimum absolute atomic E-state index is 0. The number of aldehydes is 1. The molecular weight excluding hydrogens is 496 g/mol. The Morgan fingerprint density at radius 2 is 1.26 bits per heavy atom. The molecule has 0 aliphatic carbocycles. The van der Waals surface area contributed by atoms with Crippen LogP contribution in [0, 0.1) is 25.7 Å². The molecule has 2 unspecified atom stereocenters. The predicted molar refractivity (Wildman–Crippen MR) is 157 cm³/mol. The van der Waals surface area contributed by atoms with Crippen LogP contribution in [0.25, 0.3) is 0 Å². The van der Waals surface area contributed by atoms with Crippen LogP contribution in [-0.2, 0) is 4.79 Å². The standard InChI is InChI=1S/C15H23NO3.C15H21NO3.CH4/c2*1-10(2)15(4,9-17)16-14(18)12-7-6-8-13(19-5)11(12)3;/h6-8,10,17H,9H2,1-5H3,(H,16,18);6-10H,1-5H3,(H,16,18);1H4. The lowest BCUT2D eigenvalue weighted by Gasteiger charge is -2.33. The van der Waals surface area contributed by atoms with Crippen LogP contribution < -0.4 is 20.1 Å². The number of ether oxygens (including phenoxy) is 2. The van der Waals surface area contributed by atoms with Crippen molar-refractivity contribution in [3.05, 3.63) is 58.7 Å². The van der Waals surface area contributed by atoms with E-state index in [1.54, 1.807) is 51.5 Å². The molecule has 8 nitrogen and oxygen atoms in total. The van der Waals surface area contributed by atoms with E-state index >= 15 is 0 Å². The number of nitrogens with one attached hydrogen (secondary N) is 2. The summed E-state index contributed by atoms with van der Waals surface area (Å²) < 4.78 is 10.4. The first-order chi connectivity index (χ1) is 17.7. The van der Waals surface area contributed by atoms with Crippen LogP contribution in [-0.4, -0.2) is 55.1 Å². The molecule has 3 N–H and O–H groups in total. The summed E-state index contributed by atoms with van der Waals surface area (Å²) in [5, 5.41) is 15.2. The van der Waals surface area contributed by atoms with Gasteiger partial charge in [-0.25, -0.2) is 0 Å². The molecule has 0 bridgehead atoms. The van der Waals surface area contributed by atoms with Crippen LogP contribution in [0.3, 0.4) is 0 Å². The van der Waals surface area contributed by atoms with Crippen molar-refractivity contribution in [1.29, 1.82) is 0 Å². The SMILES string of the molecule is C.COc1cccc(C(=O)NC(C)(C=O)C(C)C)c1C.COc1cccc(C(=O)NC(C)(CO)C(C)C)c1C. The lowest BCUT2D eigenvalue weighted by Crippen LogP contribution is -2.52. The van der Waals surface area contributed by atoms with Gasteiger partial charge in [-0.2, -0.15) is 0 Å². The topological polar surface area (TPSA) is 114 Å². The van der Waals surface area contributed by atoms with Gasteiger partial charge in [-0.15, -0.1) is 0 Å². The average Bonchev–Trinajstić information content (AvgIpc) is 2.88. The quantitative estimate of drug-likeness (QED) is 0.358. The minimum Gasteiger partial charge on any atom is -0.496 e. The highest BCUT2D eigenvalue weighted by atomic mass is 16.5. The fourth-order valence-electron chi connectivity index (χ4n) is 3.48. The molecule has 0 saturated heterocycles. The van der Waals surface area contributed by atoms with E-state index in [0.29, 0.717) is 22.6 Å². The Kier molecular flexibility index (Phi) is 13.9. The summed E-state index contributed by atoms with van der Waals surface area (Å²) in [5.41, 5.74) is 1.15. The van der Waals surface area contributed by atoms with Crippen molar-refractivity contribution in [1.82, 2.24) is 10.6 Å². The van der Waals surface area contributed by atoms with E-state index in [0.717, 1.165) is 17.4 Å². The van der Waals surface area contributed by atoms with Crippen LogP contribution in [0.2, 0.25) is 0 Å². The van der Waals surface area contributed by atoms with E-state index < -0.39 is 11.1 Å². The lowest BCUT2D eigenvalue weighted by molar-refractivity contribution is -0.114. The van der Waals surface area contributed by atoms with Crippen molar-refractivity contribution in [2.24, 2.45) is 11.8 Å². The maximum atomic E-state index is 12.3. The van der Waals surface area contributed by atoms with Gasteiger partial charge in [0.15, 0.2) is 0 Å². The van der Waals surface area contributed by atoms with Gasteiger partial charge in [0.25, 0.3) is 11.8 Å². The number of hydrogen-bond donors (Lipinski definition) is 3. The summed E-state index contributed by atoms with van der Waals surface area (Å²) in [6.07, 6.45) is 0.783. The Hall–Kier alpha value is -3.39. The summed E-state index contributed by atoms with van der Waals surface area (Å²) in [5.74, 6) is 1.03. The van der Waals surface area contributed by atoms with Gasteiger partial charge in [0.2, 0.25) is 0 Å². The minimum atomic E-state index is -0.868. The van der Waals surface area contributed by atoms with Gasteiger partial charge in [-0.3, -0.25) is 9.59 Å². The van der Waals surface area contributed by atoms with Gasteiger partial charge in [-0.05, 0) is 63.8 Å². The molecule has 0 aromatic heterocycles.